The molecule has 0 amide bonds. The van der Waals surface area contributed by atoms with Crippen LogP contribution in [-0.2, 0) is 11.3 Å². The Kier molecular flexibility index (Phi) is 4.74. The van der Waals surface area contributed by atoms with E-state index < -0.39 is 11.2 Å². The Morgan fingerprint density at radius 2 is 2.20 bits per heavy atom. The van der Waals surface area contributed by atoms with Gasteiger partial charge in [-0.15, -0.1) is 0 Å². The van der Waals surface area contributed by atoms with Gasteiger partial charge in [-0.3, -0.25) is 14.3 Å². The first-order valence-electron chi connectivity index (χ1n) is 6.97. The van der Waals surface area contributed by atoms with Gasteiger partial charge >= 0.3 is 5.69 Å². The van der Waals surface area contributed by atoms with Gasteiger partial charge in [0.15, 0.2) is 0 Å². The molecule has 1 aliphatic rings. The average Bonchev–Trinajstić information content (AvgIpc) is 2.43. The minimum atomic E-state index is -0.643. The van der Waals surface area contributed by atoms with Gasteiger partial charge in [-0.25, -0.2) is 4.79 Å². The van der Waals surface area contributed by atoms with Gasteiger partial charge in [-0.2, -0.15) is 5.26 Å². The van der Waals surface area contributed by atoms with Crippen LogP contribution in [0.15, 0.2) is 15.8 Å². The van der Waals surface area contributed by atoms with Crippen LogP contribution in [0.5, 0.6) is 0 Å². The molecule has 1 aliphatic carbocycles. The first kappa shape index (κ1) is 14.5. The van der Waals surface area contributed by atoms with Crippen LogP contribution < -0.4 is 11.2 Å². The molecule has 0 radical (unpaired) electrons. The van der Waals surface area contributed by atoms with Gasteiger partial charge in [0.2, 0.25) is 0 Å². The summed E-state index contributed by atoms with van der Waals surface area (Å²) in [6, 6.07) is 1.77. The van der Waals surface area contributed by atoms with Gasteiger partial charge in [0.05, 0.1) is 19.3 Å². The molecule has 6 heteroatoms. The first-order valence-corrected chi connectivity index (χ1v) is 6.97. The summed E-state index contributed by atoms with van der Waals surface area (Å²) in [4.78, 5) is 25.0. The molecule has 108 valence electrons. The molecule has 1 saturated carbocycles. The molecule has 2 atom stereocenters. The van der Waals surface area contributed by atoms with Crippen molar-refractivity contribution in [3.63, 3.8) is 0 Å². The zero-order valence-electron chi connectivity index (χ0n) is 11.6. The number of nitrogens with one attached hydrogen (secondary N) is 1. The Balaban J connectivity index is 1.96. The van der Waals surface area contributed by atoms with Gasteiger partial charge in [0, 0.05) is 6.20 Å². The second kappa shape index (κ2) is 6.53. The lowest BCUT2D eigenvalue weighted by atomic mass is 9.88. The van der Waals surface area contributed by atoms with Crippen molar-refractivity contribution in [3.8, 4) is 6.07 Å². The van der Waals surface area contributed by atoms with Crippen molar-refractivity contribution in [1.82, 2.24) is 9.55 Å². The van der Waals surface area contributed by atoms with Crippen LogP contribution in [0.25, 0.3) is 0 Å². The largest absolute Gasteiger partial charge is 0.376 e. The number of H-pyrrole nitrogens is 1. The fourth-order valence-corrected chi connectivity index (χ4v) is 2.59. The number of ether oxygens (including phenoxy) is 1. The predicted octanol–water partition coefficient (Wildman–Crippen LogP) is 1.00. The maximum Gasteiger partial charge on any atom is 0.328 e. The highest BCUT2D eigenvalue weighted by molar-refractivity contribution is 5.21. The fraction of sp³-hybridized carbons (Fsp3) is 0.643. The van der Waals surface area contributed by atoms with E-state index in [0.717, 1.165) is 6.42 Å². The molecule has 1 heterocycles. The molecule has 1 aromatic heterocycles. The number of aromatic nitrogens is 2. The van der Waals surface area contributed by atoms with Crippen LogP contribution in [0.1, 0.15) is 38.2 Å². The molecule has 2 rings (SSSR count). The summed E-state index contributed by atoms with van der Waals surface area (Å²) in [5, 5.41) is 8.78. The summed E-state index contributed by atoms with van der Waals surface area (Å²) < 4.78 is 7.14. The van der Waals surface area contributed by atoms with E-state index in [2.05, 4.69) is 11.9 Å². The topological polar surface area (TPSA) is 87.9 Å². The van der Waals surface area contributed by atoms with Crippen LogP contribution in [0.4, 0.5) is 0 Å². The van der Waals surface area contributed by atoms with Crippen molar-refractivity contribution in [2.24, 2.45) is 5.92 Å². The summed E-state index contributed by atoms with van der Waals surface area (Å²) in [6.45, 7) is 2.93. The molecule has 0 spiro atoms. The number of nitriles is 1. The third-order valence-electron chi connectivity index (χ3n) is 3.83. The smallest absolute Gasteiger partial charge is 0.328 e. The predicted molar refractivity (Wildman–Crippen MR) is 73.4 cm³/mol. The van der Waals surface area contributed by atoms with Gasteiger partial charge in [-0.1, -0.05) is 19.8 Å². The molecule has 1 fully saturated rings. The number of nitrogens with zero attached hydrogens (tertiary/aromatic N) is 2. The van der Waals surface area contributed by atoms with E-state index in [-0.39, 0.29) is 11.7 Å². The highest BCUT2D eigenvalue weighted by Gasteiger charge is 2.21. The Hall–Kier alpha value is -1.87. The molecule has 0 aromatic carbocycles. The van der Waals surface area contributed by atoms with Gasteiger partial charge < -0.3 is 4.74 Å². The maximum absolute atomic E-state index is 11.6. The van der Waals surface area contributed by atoms with Crippen molar-refractivity contribution in [1.29, 1.82) is 5.26 Å². The highest BCUT2D eigenvalue weighted by Crippen LogP contribution is 2.26. The quantitative estimate of drug-likeness (QED) is 0.889. The van der Waals surface area contributed by atoms with E-state index in [0.29, 0.717) is 19.1 Å². The minimum absolute atomic E-state index is 0.0596. The summed E-state index contributed by atoms with van der Waals surface area (Å²) in [6.07, 6.45) is 6.22. The van der Waals surface area contributed by atoms with E-state index in [1.54, 1.807) is 6.07 Å². The molecule has 6 nitrogen and oxygen atoms in total. The molecular formula is C14H19N3O3. The first-order chi connectivity index (χ1) is 9.61. The lowest BCUT2D eigenvalue weighted by Gasteiger charge is -2.28. The number of rotatable bonds is 4. The summed E-state index contributed by atoms with van der Waals surface area (Å²) >= 11 is 0. The molecule has 0 aliphatic heterocycles. The lowest BCUT2D eigenvalue weighted by molar-refractivity contribution is -0.00874. The SMILES string of the molecule is C[C@H]1CCCC[C@@H]1OCCn1cc(C#N)c(=O)[nH]c1=O. The van der Waals surface area contributed by atoms with Crippen LogP contribution in [0.2, 0.25) is 0 Å². The van der Waals surface area contributed by atoms with E-state index >= 15 is 0 Å². The number of aromatic amines is 1. The van der Waals surface area contributed by atoms with Crippen LogP contribution >= 0.6 is 0 Å². The summed E-state index contributed by atoms with van der Waals surface area (Å²) in [7, 11) is 0. The second-order valence-corrected chi connectivity index (χ2v) is 5.28. The maximum atomic E-state index is 11.6. The van der Waals surface area contributed by atoms with Crippen molar-refractivity contribution < 1.29 is 4.74 Å². The minimum Gasteiger partial charge on any atom is -0.376 e. The highest BCUT2D eigenvalue weighted by atomic mass is 16.5. The zero-order valence-corrected chi connectivity index (χ0v) is 11.6. The Morgan fingerprint density at radius 1 is 1.45 bits per heavy atom. The van der Waals surface area contributed by atoms with Crippen LogP contribution in [-0.4, -0.2) is 22.3 Å². The van der Waals surface area contributed by atoms with Gasteiger partial charge in [0.1, 0.15) is 11.6 Å². The van der Waals surface area contributed by atoms with Crippen molar-refractivity contribution in [2.45, 2.75) is 45.3 Å². The average molecular weight is 277 g/mol. The van der Waals surface area contributed by atoms with Crippen LogP contribution in [0, 0.1) is 17.2 Å². The molecule has 20 heavy (non-hydrogen) atoms. The van der Waals surface area contributed by atoms with Crippen molar-refractivity contribution >= 4 is 0 Å². The Morgan fingerprint density at radius 3 is 2.90 bits per heavy atom. The summed E-state index contributed by atoms with van der Waals surface area (Å²) in [5.74, 6) is 0.547. The molecule has 1 N–H and O–H groups in total. The number of hydrogen-bond donors (Lipinski definition) is 1. The Bertz CT molecular complexity index is 611. The van der Waals surface area contributed by atoms with Crippen molar-refractivity contribution in [3.05, 3.63) is 32.6 Å². The molecule has 0 saturated heterocycles. The Labute approximate surface area is 117 Å². The molecule has 1 aromatic rings. The standard InChI is InChI=1S/C14H19N3O3/c1-10-4-2-3-5-12(10)20-7-6-17-9-11(8-15)13(18)16-14(17)19/h9-10,12H,2-7H2,1H3,(H,16,18,19)/t10-,12-/m0/s1. The van der Waals surface area contributed by atoms with Gasteiger partial charge in [-0.05, 0) is 18.8 Å². The molecule has 0 unspecified atom stereocenters. The third kappa shape index (κ3) is 3.36. The zero-order chi connectivity index (χ0) is 14.5. The fourth-order valence-electron chi connectivity index (χ4n) is 2.59. The summed E-state index contributed by atoms with van der Waals surface area (Å²) in [5.41, 5.74) is -1.21. The second-order valence-electron chi connectivity index (χ2n) is 5.28. The monoisotopic (exact) mass is 277 g/mol. The molecule has 0 bridgehead atoms. The van der Waals surface area contributed by atoms with E-state index in [4.69, 9.17) is 10.00 Å². The van der Waals surface area contributed by atoms with E-state index in [1.807, 2.05) is 0 Å². The third-order valence-corrected chi connectivity index (χ3v) is 3.83. The van der Waals surface area contributed by atoms with Gasteiger partial charge in [0.25, 0.3) is 5.56 Å². The van der Waals surface area contributed by atoms with E-state index in [9.17, 15) is 9.59 Å². The normalized spacial score (nSPS) is 22.4. The number of hydrogen-bond acceptors (Lipinski definition) is 4. The lowest BCUT2D eigenvalue weighted by Crippen LogP contribution is -2.33. The molecular weight excluding hydrogens is 258 g/mol. The van der Waals surface area contributed by atoms with Crippen molar-refractivity contribution in [2.75, 3.05) is 6.61 Å². The van der Waals surface area contributed by atoms with Crippen LogP contribution in [0.3, 0.4) is 0 Å². The van der Waals surface area contributed by atoms with E-state index in [1.165, 1.54) is 30.0 Å².